The minimum absolute atomic E-state index is 0.0945. The summed E-state index contributed by atoms with van der Waals surface area (Å²) in [6.45, 7) is 0. The summed E-state index contributed by atoms with van der Waals surface area (Å²) in [6, 6.07) is 5.21. The van der Waals surface area contributed by atoms with Gasteiger partial charge in [-0.15, -0.1) is 11.3 Å². The molecule has 0 spiro atoms. The van der Waals surface area contributed by atoms with Crippen molar-refractivity contribution in [2.24, 2.45) is 0 Å². The van der Waals surface area contributed by atoms with E-state index in [1.54, 1.807) is 6.07 Å². The van der Waals surface area contributed by atoms with Gasteiger partial charge in [0.15, 0.2) is 6.29 Å². The molecule has 5 heteroatoms. The van der Waals surface area contributed by atoms with Crippen molar-refractivity contribution in [2.45, 2.75) is 6.18 Å². The molecule has 78 valence electrons. The molecule has 1 aromatic carbocycles. The molecule has 0 saturated carbocycles. The zero-order valence-corrected chi connectivity index (χ0v) is 8.15. The Morgan fingerprint density at radius 1 is 1.27 bits per heavy atom. The topological polar surface area (TPSA) is 17.1 Å². The highest BCUT2D eigenvalue weighted by Crippen LogP contribution is 2.37. The molecule has 1 heterocycles. The largest absolute Gasteiger partial charge is 0.417 e. The van der Waals surface area contributed by atoms with Gasteiger partial charge in [-0.25, -0.2) is 0 Å². The molecule has 0 N–H and O–H groups in total. The highest BCUT2D eigenvalue weighted by molar-refractivity contribution is 7.20. The molecule has 2 rings (SSSR count). The SMILES string of the molecule is O=Cc1cc2c(C(F)(F)F)cccc2s1. The van der Waals surface area contributed by atoms with Gasteiger partial charge in [-0.1, -0.05) is 6.07 Å². The zero-order chi connectivity index (χ0) is 11.1. The third-order valence-electron chi connectivity index (χ3n) is 2.00. The highest BCUT2D eigenvalue weighted by Gasteiger charge is 2.32. The molecular formula is C10H5F3OS. The number of fused-ring (bicyclic) bond motifs is 1. The molecule has 0 radical (unpaired) electrons. The fourth-order valence-electron chi connectivity index (χ4n) is 1.39. The second-order valence-corrected chi connectivity index (χ2v) is 4.10. The smallest absolute Gasteiger partial charge is 0.297 e. The van der Waals surface area contributed by atoms with Crippen LogP contribution in [0.4, 0.5) is 13.2 Å². The molecule has 0 bridgehead atoms. The maximum atomic E-state index is 12.5. The third-order valence-corrected chi connectivity index (χ3v) is 3.03. The van der Waals surface area contributed by atoms with Crippen molar-refractivity contribution in [2.75, 3.05) is 0 Å². The highest BCUT2D eigenvalue weighted by atomic mass is 32.1. The van der Waals surface area contributed by atoms with E-state index in [2.05, 4.69) is 0 Å². The molecule has 0 amide bonds. The van der Waals surface area contributed by atoms with Crippen LogP contribution in [0.1, 0.15) is 15.2 Å². The Morgan fingerprint density at radius 3 is 2.60 bits per heavy atom. The van der Waals surface area contributed by atoms with Crippen LogP contribution in [0.25, 0.3) is 10.1 Å². The summed E-state index contributed by atoms with van der Waals surface area (Å²) in [6.07, 6.45) is -3.81. The quantitative estimate of drug-likeness (QED) is 0.682. The molecule has 0 atom stereocenters. The van der Waals surface area contributed by atoms with E-state index in [1.165, 1.54) is 12.1 Å². The number of carbonyl (C=O) groups excluding carboxylic acids is 1. The monoisotopic (exact) mass is 230 g/mol. The van der Waals surface area contributed by atoms with Gasteiger partial charge >= 0.3 is 6.18 Å². The molecule has 0 saturated heterocycles. The first-order valence-electron chi connectivity index (χ1n) is 4.07. The maximum absolute atomic E-state index is 12.5. The van der Waals surface area contributed by atoms with Crippen LogP contribution in [0.3, 0.4) is 0 Å². The van der Waals surface area contributed by atoms with Gasteiger partial charge in [-0.3, -0.25) is 4.79 Å². The van der Waals surface area contributed by atoms with E-state index < -0.39 is 11.7 Å². The van der Waals surface area contributed by atoms with Gasteiger partial charge < -0.3 is 0 Å². The van der Waals surface area contributed by atoms with E-state index in [4.69, 9.17) is 0 Å². The van der Waals surface area contributed by atoms with Gasteiger partial charge in [0.05, 0.1) is 10.4 Å². The first-order valence-corrected chi connectivity index (χ1v) is 4.89. The van der Waals surface area contributed by atoms with Crippen molar-refractivity contribution >= 4 is 27.7 Å². The van der Waals surface area contributed by atoms with Crippen molar-refractivity contribution in [1.29, 1.82) is 0 Å². The Labute approximate surface area is 87.1 Å². The van der Waals surface area contributed by atoms with Crippen molar-refractivity contribution in [3.63, 3.8) is 0 Å². The minimum Gasteiger partial charge on any atom is -0.297 e. The van der Waals surface area contributed by atoms with Gasteiger partial charge in [-0.05, 0) is 18.2 Å². The van der Waals surface area contributed by atoms with Gasteiger partial charge in [0.1, 0.15) is 0 Å². The summed E-state index contributed by atoms with van der Waals surface area (Å²) in [5.41, 5.74) is -0.690. The molecule has 0 aliphatic heterocycles. The van der Waals surface area contributed by atoms with Crippen LogP contribution in [-0.4, -0.2) is 6.29 Å². The lowest BCUT2D eigenvalue weighted by Gasteiger charge is -2.06. The van der Waals surface area contributed by atoms with E-state index in [9.17, 15) is 18.0 Å². The normalized spacial score (nSPS) is 11.9. The van der Waals surface area contributed by atoms with Crippen molar-refractivity contribution in [3.05, 3.63) is 34.7 Å². The van der Waals surface area contributed by atoms with E-state index in [0.29, 0.717) is 15.9 Å². The predicted octanol–water partition coefficient (Wildman–Crippen LogP) is 3.73. The number of halogens is 3. The number of carbonyl (C=O) groups is 1. The zero-order valence-electron chi connectivity index (χ0n) is 7.34. The van der Waals surface area contributed by atoms with Crippen LogP contribution >= 0.6 is 11.3 Å². The standard InChI is InChI=1S/C10H5F3OS/c11-10(12,13)8-2-1-3-9-7(8)4-6(5-14)15-9/h1-5H. The first kappa shape index (κ1) is 10.2. The van der Waals surface area contributed by atoms with Crippen molar-refractivity contribution in [3.8, 4) is 0 Å². The summed E-state index contributed by atoms with van der Waals surface area (Å²) >= 11 is 1.06. The summed E-state index contributed by atoms with van der Waals surface area (Å²) in [5, 5.41) is 0.0945. The molecule has 0 fully saturated rings. The van der Waals surface area contributed by atoms with Crippen LogP contribution in [0.5, 0.6) is 0 Å². The average molecular weight is 230 g/mol. The number of hydrogen-bond donors (Lipinski definition) is 0. The maximum Gasteiger partial charge on any atom is 0.417 e. The van der Waals surface area contributed by atoms with E-state index in [-0.39, 0.29) is 5.39 Å². The number of rotatable bonds is 1. The van der Waals surface area contributed by atoms with Crippen LogP contribution in [-0.2, 0) is 6.18 Å². The molecular weight excluding hydrogens is 225 g/mol. The Balaban J connectivity index is 2.75. The van der Waals surface area contributed by atoms with Gasteiger partial charge in [0.25, 0.3) is 0 Å². The van der Waals surface area contributed by atoms with Gasteiger partial charge in [-0.2, -0.15) is 13.2 Å². The number of alkyl halides is 3. The molecule has 1 nitrogen and oxygen atoms in total. The van der Waals surface area contributed by atoms with Crippen LogP contribution in [0, 0.1) is 0 Å². The van der Waals surface area contributed by atoms with Crippen LogP contribution in [0.2, 0.25) is 0 Å². The number of benzene rings is 1. The molecule has 0 aliphatic rings. The summed E-state index contributed by atoms with van der Waals surface area (Å²) in [5.74, 6) is 0. The summed E-state index contributed by atoms with van der Waals surface area (Å²) in [7, 11) is 0. The van der Waals surface area contributed by atoms with Gasteiger partial charge in [0.2, 0.25) is 0 Å². The fourth-order valence-corrected chi connectivity index (χ4v) is 2.29. The van der Waals surface area contributed by atoms with Crippen molar-refractivity contribution < 1.29 is 18.0 Å². The molecule has 2 aromatic rings. The Morgan fingerprint density at radius 2 is 2.00 bits per heavy atom. The Bertz CT molecular complexity index is 513. The Hall–Kier alpha value is -1.36. The molecule has 0 unspecified atom stereocenters. The molecule has 15 heavy (non-hydrogen) atoms. The van der Waals surface area contributed by atoms with Crippen LogP contribution < -0.4 is 0 Å². The number of aldehydes is 1. The van der Waals surface area contributed by atoms with E-state index in [0.717, 1.165) is 17.4 Å². The average Bonchev–Trinajstić information content (AvgIpc) is 2.57. The summed E-state index contributed by atoms with van der Waals surface area (Å²) in [4.78, 5) is 10.8. The van der Waals surface area contributed by atoms with Gasteiger partial charge in [0, 0.05) is 10.1 Å². The second kappa shape index (κ2) is 3.34. The molecule has 1 aromatic heterocycles. The predicted molar refractivity (Wildman–Crippen MR) is 52.2 cm³/mol. The van der Waals surface area contributed by atoms with Crippen LogP contribution in [0.15, 0.2) is 24.3 Å². The summed E-state index contributed by atoms with van der Waals surface area (Å²) < 4.78 is 38.1. The lowest BCUT2D eigenvalue weighted by molar-refractivity contribution is -0.136. The number of hydrogen-bond acceptors (Lipinski definition) is 2. The first-order chi connectivity index (χ1) is 7.02. The second-order valence-electron chi connectivity index (χ2n) is 2.98. The number of thiophene rings is 1. The fraction of sp³-hybridized carbons (Fsp3) is 0.100. The lowest BCUT2D eigenvalue weighted by atomic mass is 10.1. The van der Waals surface area contributed by atoms with E-state index in [1.807, 2.05) is 0 Å². The van der Waals surface area contributed by atoms with E-state index >= 15 is 0 Å². The third kappa shape index (κ3) is 1.74. The minimum atomic E-state index is -4.37. The Kier molecular flexibility index (Phi) is 2.26. The lowest BCUT2D eigenvalue weighted by Crippen LogP contribution is -2.04. The van der Waals surface area contributed by atoms with Crippen molar-refractivity contribution in [1.82, 2.24) is 0 Å². The molecule has 0 aliphatic carbocycles.